The highest BCUT2D eigenvalue weighted by Crippen LogP contribution is 2.38. The molecule has 0 unspecified atom stereocenters. The normalized spacial score (nSPS) is 22.3. The number of aromatic nitrogens is 1. The Balaban J connectivity index is 2.18. The summed E-state index contributed by atoms with van der Waals surface area (Å²) in [5, 5.41) is 0. The Morgan fingerprint density at radius 1 is 1.17 bits per heavy atom. The minimum atomic E-state index is -0.942. The van der Waals surface area contributed by atoms with Crippen LogP contribution in [0.25, 0.3) is 6.08 Å². The van der Waals surface area contributed by atoms with Gasteiger partial charge in [0, 0.05) is 12.4 Å². The summed E-state index contributed by atoms with van der Waals surface area (Å²) in [7, 11) is -0.942. The number of nitrogens with zero attached hydrogens (tertiary/aromatic N) is 1. The van der Waals surface area contributed by atoms with Crippen LogP contribution in [0.5, 0.6) is 0 Å². The molecule has 1 fully saturated rings. The van der Waals surface area contributed by atoms with Crippen LogP contribution < -0.4 is 0 Å². The minimum absolute atomic E-state index is 0.431. The number of rotatable bonds is 2. The van der Waals surface area contributed by atoms with Crippen LogP contribution in [0.3, 0.4) is 0 Å². The Bertz CT molecular complexity index is 443. The lowest BCUT2D eigenvalue weighted by molar-refractivity contribution is 0.00578. The summed E-state index contributed by atoms with van der Waals surface area (Å²) in [6, 6.07) is 3.45. The molecular formula is C13H17BFNO2. The van der Waals surface area contributed by atoms with E-state index < -0.39 is 24.0 Å². The SMILES string of the molecule is CC1(C)OB(C(F)=Cc2ccncc2)OC1(C)C. The van der Waals surface area contributed by atoms with E-state index in [0.717, 1.165) is 5.56 Å². The van der Waals surface area contributed by atoms with E-state index in [9.17, 15) is 4.39 Å². The predicted octanol–water partition coefficient (Wildman–Crippen LogP) is 3.02. The highest BCUT2D eigenvalue weighted by molar-refractivity contribution is 6.54. The van der Waals surface area contributed by atoms with Crippen LogP contribution in [0.4, 0.5) is 4.39 Å². The van der Waals surface area contributed by atoms with Gasteiger partial charge in [-0.1, -0.05) is 0 Å². The van der Waals surface area contributed by atoms with E-state index in [1.165, 1.54) is 6.08 Å². The van der Waals surface area contributed by atoms with Crippen molar-refractivity contribution in [2.75, 3.05) is 0 Å². The van der Waals surface area contributed by atoms with Gasteiger partial charge in [-0.2, -0.15) is 0 Å². The maximum atomic E-state index is 14.1. The topological polar surface area (TPSA) is 31.4 Å². The third-order valence-electron chi connectivity index (χ3n) is 3.49. The molecule has 0 atom stereocenters. The molecule has 3 nitrogen and oxygen atoms in total. The first-order valence-corrected chi connectivity index (χ1v) is 5.95. The fourth-order valence-electron chi connectivity index (χ4n) is 1.64. The molecule has 0 aliphatic carbocycles. The van der Waals surface area contributed by atoms with Gasteiger partial charge >= 0.3 is 7.12 Å². The summed E-state index contributed by atoms with van der Waals surface area (Å²) in [4.78, 5) is 3.88. The molecule has 96 valence electrons. The van der Waals surface area contributed by atoms with Crippen LogP contribution in [0, 0.1) is 0 Å². The fourth-order valence-corrected chi connectivity index (χ4v) is 1.64. The molecule has 2 rings (SSSR count). The smallest absolute Gasteiger partial charge is 0.398 e. The van der Waals surface area contributed by atoms with Crippen LogP contribution in [0.1, 0.15) is 33.3 Å². The zero-order valence-corrected chi connectivity index (χ0v) is 11.1. The highest BCUT2D eigenvalue weighted by atomic mass is 19.1. The van der Waals surface area contributed by atoms with Crippen LogP contribution in [0.2, 0.25) is 0 Å². The maximum absolute atomic E-state index is 14.1. The molecule has 5 heteroatoms. The van der Waals surface area contributed by atoms with Crippen molar-refractivity contribution in [3.63, 3.8) is 0 Å². The summed E-state index contributed by atoms with van der Waals surface area (Å²) in [6.45, 7) is 7.58. The molecule has 1 saturated heterocycles. The van der Waals surface area contributed by atoms with Crippen molar-refractivity contribution in [1.29, 1.82) is 0 Å². The molecule has 0 N–H and O–H groups in total. The molecule has 1 aliphatic heterocycles. The van der Waals surface area contributed by atoms with Crippen molar-refractivity contribution in [2.45, 2.75) is 38.9 Å². The average Bonchev–Trinajstić information content (AvgIpc) is 2.50. The Morgan fingerprint density at radius 3 is 2.17 bits per heavy atom. The van der Waals surface area contributed by atoms with Gasteiger partial charge in [-0.3, -0.25) is 4.98 Å². The number of hydrogen-bond donors (Lipinski definition) is 0. The second-order valence-corrected chi connectivity index (χ2v) is 5.40. The number of halogens is 1. The van der Waals surface area contributed by atoms with E-state index in [-0.39, 0.29) is 0 Å². The summed E-state index contributed by atoms with van der Waals surface area (Å²) >= 11 is 0. The molecular weight excluding hydrogens is 232 g/mol. The van der Waals surface area contributed by atoms with E-state index in [1.54, 1.807) is 24.5 Å². The van der Waals surface area contributed by atoms with Crippen molar-refractivity contribution in [1.82, 2.24) is 4.98 Å². The van der Waals surface area contributed by atoms with E-state index >= 15 is 0 Å². The summed E-state index contributed by atoms with van der Waals surface area (Å²) in [5.74, 6) is 0. The van der Waals surface area contributed by atoms with Crippen LogP contribution in [-0.2, 0) is 9.31 Å². The molecule has 18 heavy (non-hydrogen) atoms. The van der Waals surface area contributed by atoms with Gasteiger partial charge < -0.3 is 9.31 Å². The standard InChI is InChI=1S/C13H17BFNO2/c1-12(2)13(3,4)18-14(17-12)11(15)9-10-5-7-16-8-6-10/h5-9H,1-4H3. The molecule has 1 aromatic heterocycles. The third kappa shape index (κ3) is 2.47. The molecule has 0 bridgehead atoms. The van der Waals surface area contributed by atoms with Crippen LogP contribution >= 0.6 is 0 Å². The summed E-state index contributed by atoms with van der Waals surface area (Å²) in [6.07, 6.45) is 4.64. The van der Waals surface area contributed by atoms with Gasteiger partial charge in [0.2, 0.25) is 0 Å². The first-order valence-electron chi connectivity index (χ1n) is 5.95. The predicted molar refractivity (Wildman–Crippen MR) is 69.4 cm³/mol. The molecule has 0 saturated carbocycles. The Hall–Kier alpha value is -1.20. The zero-order valence-electron chi connectivity index (χ0n) is 11.1. The summed E-state index contributed by atoms with van der Waals surface area (Å²) in [5.41, 5.74) is -0.751. The molecule has 2 heterocycles. The van der Waals surface area contributed by atoms with Gasteiger partial charge in [0.05, 0.1) is 11.2 Å². The van der Waals surface area contributed by atoms with Gasteiger partial charge in [-0.15, -0.1) is 0 Å². The lowest BCUT2D eigenvalue weighted by atomic mass is 9.87. The molecule has 0 radical (unpaired) electrons. The van der Waals surface area contributed by atoms with E-state index in [0.29, 0.717) is 0 Å². The second-order valence-electron chi connectivity index (χ2n) is 5.40. The van der Waals surface area contributed by atoms with Gasteiger partial charge in [0.1, 0.15) is 5.73 Å². The highest BCUT2D eigenvalue weighted by Gasteiger charge is 2.52. The van der Waals surface area contributed by atoms with Crippen molar-refractivity contribution < 1.29 is 13.7 Å². The lowest BCUT2D eigenvalue weighted by Gasteiger charge is -2.32. The Morgan fingerprint density at radius 2 is 1.67 bits per heavy atom. The monoisotopic (exact) mass is 249 g/mol. The number of hydrogen-bond acceptors (Lipinski definition) is 3. The van der Waals surface area contributed by atoms with Gasteiger partial charge in [-0.25, -0.2) is 4.39 Å². The van der Waals surface area contributed by atoms with Gasteiger partial charge in [0.25, 0.3) is 0 Å². The first-order chi connectivity index (χ1) is 8.32. The van der Waals surface area contributed by atoms with E-state index in [4.69, 9.17) is 9.31 Å². The van der Waals surface area contributed by atoms with Crippen molar-refractivity contribution in [3.8, 4) is 0 Å². The van der Waals surface area contributed by atoms with Crippen LogP contribution in [0.15, 0.2) is 30.3 Å². The quantitative estimate of drug-likeness (QED) is 0.755. The number of pyridine rings is 1. The Labute approximate surface area is 107 Å². The van der Waals surface area contributed by atoms with Gasteiger partial charge in [0.15, 0.2) is 0 Å². The van der Waals surface area contributed by atoms with Gasteiger partial charge in [-0.05, 0) is 51.5 Å². The summed E-state index contributed by atoms with van der Waals surface area (Å²) < 4.78 is 25.3. The lowest BCUT2D eigenvalue weighted by Crippen LogP contribution is -2.41. The second kappa shape index (κ2) is 4.48. The molecule has 0 aromatic carbocycles. The molecule has 1 aromatic rings. The molecule has 0 spiro atoms. The van der Waals surface area contributed by atoms with Crippen molar-refractivity contribution in [2.24, 2.45) is 0 Å². The third-order valence-corrected chi connectivity index (χ3v) is 3.49. The first kappa shape index (κ1) is 13.2. The minimum Gasteiger partial charge on any atom is -0.398 e. The van der Waals surface area contributed by atoms with E-state index in [2.05, 4.69) is 4.98 Å². The Kier molecular flexibility index (Phi) is 3.30. The average molecular weight is 249 g/mol. The fraction of sp³-hybridized carbons (Fsp3) is 0.462. The maximum Gasteiger partial charge on any atom is 0.525 e. The molecule has 0 amide bonds. The zero-order chi connectivity index (χ0) is 13.4. The van der Waals surface area contributed by atoms with Crippen molar-refractivity contribution >= 4 is 13.2 Å². The molecule has 1 aliphatic rings. The van der Waals surface area contributed by atoms with Crippen LogP contribution in [-0.4, -0.2) is 23.3 Å². The largest absolute Gasteiger partial charge is 0.525 e. The van der Waals surface area contributed by atoms with E-state index in [1.807, 2.05) is 27.7 Å². The van der Waals surface area contributed by atoms with Crippen molar-refractivity contribution in [3.05, 3.63) is 35.8 Å².